The first-order valence-electron chi connectivity index (χ1n) is 6.92. The van der Waals surface area contributed by atoms with E-state index in [0.717, 1.165) is 5.92 Å². The van der Waals surface area contributed by atoms with Gasteiger partial charge < -0.3 is 4.90 Å². The molecule has 16 heavy (non-hydrogen) atoms. The summed E-state index contributed by atoms with van der Waals surface area (Å²) >= 11 is 0. The van der Waals surface area contributed by atoms with Crippen LogP contribution < -0.4 is 0 Å². The van der Waals surface area contributed by atoms with Crippen molar-refractivity contribution < 1.29 is 0 Å². The molecule has 0 radical (unpaired) electrons. The van der Waals surface area contributed by atoms with Crippen molar-refractivity contribution in [2.75, 3.05) is 20.1 Å². The normalized spacial score (nSPS) is 18.6. The molecule has 1 nitrogen and oxygen atoms in total. The number of hydrogen-bond donors (Lipinski definition) is 0. The van der Waals surface area contributed by atoms with Crippen LogP contribution in [0.1, 0.15) is 54.4 Å². The molecule has 0 aliphatic carbocycles. The Hall–Kier alpha value is -0.300. The van der Waals surface area contributed by atoms with Crippen LogP contribution in [0.15, 0.2) is 11.1 Å². The van der Waals surface area contributed by atoms with Gasteiger partial charge in [0.1, 0.15) is 0 Å². The smallest absolute Gasteiger partial charge is 0.0195 e. The van der Waals surface area contributed by atoms with Crippen LogP contribution in [0, 0.1) is 11.8 Å². The lowest BCUT2D eigenvalue weighted by Crippen LogP contribution is -2.22. The standard InChI is InChI=1S/C13H25N.C2H6/c1-10(2)12-7-6-8-14(5)9-13(12)11(3)4;1-2/h10-11H,6-9H2,1-5H3;1-2H3. The van der Waals surface area contributed by atoms with E-state index in [0.29, 0.717) is 5.92 Å². The fourth-order valence-electron chi connectivity index (χ4n) is 2.38. The Bertz CT molecular complexity index is 213. The molecule has 96 valence electrons. The third-order valence-electron chi connectivity index (χ3n) is 3.23. The van der Waals surface area contributed by atoms with Gasteiger partial charge in [0.25, 0.3) is 0 Å². The molecule has 1 heterocycles. The van der Waals surface area contributed by atoms with E-state index >= 15 is 0 Å². The molecule has 0 fully saturated rings. The van der Waals surface area contributed by atoms with Crippen molar-refractivity contribution in [2.45, 2.75) is 54.4 Å². The Morgan fingerprint density at radius 3 is 1.88 bits per heavy atom. The molecule has 0 spiro atoms. The highest BCUT2D eigenvalue weighted by Crippen LogP contribution is 2.28. The molecular weight excluding hydrogens is 194 g/mol. The number of allylic oxidation sites excluding steroid dienone is 1. The molecule has 0 aromatic carbocycles. The van der Waals surface area contributed by atoms with Gasteiger partial charge in [0.15, 0.2) is 0 Å². The van der Waals surface area contributed by atoms with E-state index in [1.54, 1.807) is 11.1 Å². The van der Waals surface area contributed by atoms with E-state index in [9.17, 15) is 0 Å². The van der Waals surface area contributed by atoms with Gasteiger partial charge in [0, 0.05) is 6.54 Å². The minimum Gasteiger partial charge on any atom is -0.302 e. The highest BCUT2D eigenvalue weighted by Gasteiger charge is 2.18. The van der Waals surface area contributed by atoms with E-state index < -0.39 is 0 Å². The first-order chi connectivity index (χ1) is 7.52. The summed E-state index contributed by atoms with van der Waals surface area (Å²) in [5, 5.41) is 0. The van der Waals surface area contributed by atoms with Crippen molar-refractivity contribution in [3.05, 3.63) is 11.1 Å². The molecule has 1 aliphatic heterocycles. The molecule has 0 bridgehead atoms. The number of hydrogen-bond acceptors (Lipinski definition) is 1. The highest BCUT2D eigenvalue weighted by atomic mass is 15.1. The van der Waals surface area contributed by atoms with E-state index in [2.05, 4.69) is 39.6 Å². The maximum atomic E-state index is 2.46. The van der Waals surface area contributed by atoms with Crippen LogP contribution in [0.25, 0.3) is 0 Å². The summed E-state index contributed by atoms with van der Waals surface area (Å²) in [6, 6.07) is 0. The average Bonchev–Trinajstić information content (AvgIpc) is 2.43. The van der Waals surface area contributed by atoms with Gasteiger partial charge >= 0.3 is 0 Å². The van der Waals surface area contributed by atoms with Crippen molar-refractivity contribution in [3.8, 4) is 0 Å². The summed E-state index contributed by atoms with van der Waals surface area (Å²) in [7, 11) is 2.24. The molecule has 0 aromatic rings. The van der Waals surface area contributed by atoms with E-state index in [1.807, 2.05) is 13.8 Å². The van der Waals surface area contributed by atoms with Crippen molar-refractivity contribution >= 4 is 0 Å². The molecule has 0 aromatic heterocycles. The van der Waals surface area contributed by atoms with Crippen LogP contribution in [0.2, 0.25) is 0 Å². The predicted octanol–water partition coefficient (Wildman–Crippen LogP) is 4.35. The van der Waals surface area contributed by atoms with Crippen LogP contribution >= 0.6 is 0 Å². The largest absolute Gasteiger partial charge is 0.302 e. The van der Waals surface area contributed by atoms with Gasteiger partial charge in [-0.05, 0) is 38.3 Å². The second-order valence-electron chi connectivity index (χ2n) is 5.20. The Balaban J connectivity index is 0.00000106. The summed E-state index contributed by atoms with van der Waals surface area (Å²) in [6.45, 7) is 15.8. The van der Waals surface area contributed by atoms with Crippen molar-refractivity contribution in [1.82, 2.24) is 4.90 Å². The maximum absolute atomic E-state index is 2.46. The highest BCUT2D eigenvalue weighted by molar-refractivity contribution is 5.20. The first kappa shape index (κ1) is 15.7. The quantitative estimate of drug-likeness (QED) is 0.632. The monoisotopic (exact) mass is 225 g/mol. The minimum absolute atomic E-state index is 0.716. The summed E-state index contributed by atoms with van der Waals surface area (Å²) in [4.78, 5) is 2.46. The number of nitrogens with zero attached hydrogens (tertiary/aromatic N) is 1. The second kappa shape index (κ2) is 7.89. The van der Waals surface area contributed by atoms with Crippen LogP contribution in [0.5, 0.6) is 0 Å². The Morgan fingerprint density at radius 2 is 1.44 bits per heavy atom. The van der Waals surface area contributed by atoms with Crippen LogP contribution in [-0.4, -0.2) is 25.0 Å². The molecule has 0 atom stereocenters. The van der Waals surface area contributed by atoms with Crippen molar-refractivity contribution in [3.63, 3.8) is 0 Å². The molecule has 0 unspecified atom stereocenters. The lowest BCUT2D eigenvalue weighted by molar-refractivity contribution is 0.357. The summed E-state index contributed by atoms with van der Waals surface area (Å²) in [5.74, 6) is 1.45. The lowest BCUT2D eigenvalue weighted by Gasteiger charge is -2.21. The van der Waals surface area contributed by atoms with Gasteiger partial charge in [-0.3, -0.25) is 0 Å². The van der Waals surface area contributed by atoms with Gasteiger partial charge in [-0.15, -0.1) is 0 Å². The predicted molar refractivity (Wildman–Crippen MR) is 74.8 cm³/mol. The molecule has 1 aliphatic rings. The van der Waals surface area contributed by atoms with Crippen LogP contribution in [-0.2, 0) is 0 Å². The van der Waals surface area contributed by atoms with Gasteiger partial charge in [0.2, 0.25) is 0 Å². The molecule has 0 N–H and O–H groups in total. The Morgan fingerprint density at radius 1 is 0.938 bits per heavy atom. The van der Waals surface area contributed by atoms with Gasteiger partial charge in [-0.25, -0.2) is 0 Å². The zero-order valence-corrected chi connectivity index (χ0v) is 12.4. The fraction of sp³-hybridized carbons (Fsp3) is 0.867. The first-order valence-corrected chi connectivity index (χ1v) is 6.92. The van der Waals surface area contributed by atoms with Gasteiger partial charge in [-0.1, -0.05) is 52.7 Å². The topological polar surface area (TPSA) is 3.24 Å². The van der Waals surface area contributed by atoms with E-state index in [4.69, 9.17) is 0 Å². The molecule has 1 rings (SSSR count). The molecular formula is C15H31N. The lowest BCUT2D eigenvalue weighted by atomic mass is 9.88. The molecule has 1 heteroatoms. The van der Waals surface area contributed by atoms with Crippen molar-refractivity contribution in [2.24, 2.45) is 11.8 Å². The summed E-state index contributed by atoms with van der Waals surface area (Å²) in [5.41, 5.74) is 3.42. The third-order valence-corrected chi connectivity index (χ3v) is 3.23. The average molecular weight is 225 g/mol. The van der Waals surface area contributed by atoms with Gasteiger partial charge in [-0.2, -0.15) is 0 Å². The fourth-order valence-corrected chi connectivity index (χ4v) is 2.38. The van der Waals surface area contributed by atoms with Gasteiger partial charge in [0.05, 0.1) is 0 Å². The van der Waals surface area contributed by atoms with Crippen LogP contribution in [0.4, 0.5) is 0 Å². The van der Waals surface area contributed by atoms with Crippen LogP contribution in [0.3, 0.4) is 0 Å². The second-order valence-corrected chi connectivity index (χ2v) is 5.20. The van der Waals surface area contributed by atoms with E-state index in [1.165, 1.54) is 25.9 Å². The SMILES string of the molecule is CC.CC(C)C1=C(C(C)C)CN(C)CCC1. The van der Waals surface area contributed by atoms with E-state index in [-0.39, 0.29) is 0 Å². The molecule has 0 saturated heterocycles. The number of rotatable bonds is 2. The maximum Gasteiger partial charge on any atom is 0.0195 e. The van der Waals surface area contributed by atoms with Crippen molar-refractivity contribution in [1.29, 1.82) is 0 Å². The summed E-state index contributed by atoms with van der Waals surface area (Å²) in [6.07, 6.45) is 2.65. The third kappa shape index (κ3) is 4.69. The number of likely N-dealkylation sites (N-methyl/N-ethyl adjacent to an activating group) is 1. The molecule has 0 amide bonds. The Kier molecular flexibility index (Phi) is 7.74. The zero-order chi connectivity index (χ0) is 12.7. The Labute approximate surface area is 103 Å². The minimum atomic E-state index is 0.716. The molecule has 0 saturated carbocycles. The zero-order valence-electron chi connectivity index (χ0n) is 12.4. The summed E-state index contributed by atoms with van der Waals surface area (Å²) < 4.78 is 0.